The molecule has 0 radical (unpaired) electrons. The highest BCUT2D eigenvalue weighted by Gasteiger charge is 2.27. The molecule has 0 spiro atoms. The van der Waals surface area contributed by atoms with Crippen LogP contribution in [0.3, 0.4) is 0 Å². The van der Waals surface area contributed by atoms with E-state index in [1.807, 2.05) is 0 Å². The highest BCUT2D eigenvalue weighted by molar-refractivity contribution is 6.33. The third-order valence-corrected chi connectivity index (χ3v) is 5.13. The van der Waals surface area contributed by atoms with Gasteiger partial charge >= 0.3 is 0 Å². The minimum atomic E-state index is -0.132. The topological polar surface area (TPSA) is 67.8 Å². The minimum Gasteiger partial charge on any atom is -0.377 e. The van der Waals surface area contributed by atoms with Gasteiger partial charge in [0.05, 0.1) is 29.9 Å². The molecule has 2 aliphatic heterocycles. The Balaban J connectivity index is 1.39. The Labute approximate surface area is 159 Å². The number of ether oxygens (including phenoxy) is 2. The van der Waals surface area contributed by atoms with Crippen LogP contribution in [-0.4, -0.2) is 83.3 Å². The average molecular weight is 383 g/mol. The van der Waals surface area contributed by atoms with Gasteiger partial charge in [-0.2, -0.15) is 0 Å². The maximum Gasteiger partial charge on any atom is 0.274 e. The smallest absolute Gasteiger partial charge is 0.274 e. The average Bonchev–Trinajstić information content (AvgIpc) is 2.61. The quantitative estimate of drug-likeness (QED) is 0.774. The third-order valence-electron chi connectivity index (χ3n) is 4.86. The van der Waals surface area contributed by atoms with Crippen LogP contribution < -0.4 is 0 Å². The molecule has 0 bridgehead atoms. The Hall–Kier alpha value is -1.28. The summed E-state index contributed by atoms with van der Waals surface area (Å²) in [5.41, 5.74) is 0.275. The summed E-state index contributed by atoms with van der Waals surface area (Å²) in [6.07, 6.45) is 5.24. The molecule has 0 aliphatic carbocycles. The fourth-order valence-electron chi connectivity index (χ4n) is 3.66. The van der Waals surface area contributed by atoms with E-state index in [-0.39, 0.29) is 29.9 Å². The zero-order valence-corrected chi connectivity index (χ0v) is 16.2. The fourth-order valence-corrected chi connectivity index (χ4v) is 3.85. The molecule has 7 nitrogen and oxygen atoms in total. The van der Waals surface area contributed by atoms with Crippen LogP contribution in [0.2, 0.25) is 5.02 Å². The largest absolute Gasteiger partial charge is 0.377 e. The molecule has 8 heteroatoms. The zero-order chi connectivity index (χ0) is 18.5. The van der Waals surface area contributed by atoms with Gasteiger partial charge in [-0.05, 0) is 26.7 Å². The summed E-state index contributed by atoms with van der Waals surface area (Å²) in [5.74, 6) is -0.132. The Kier molecular flexibility index (Phi) is 6.80. The lowest BCUT2D eigenvalue weighted by Gasteiger charge is -2.36. The van der Waals surface area contributed by atoms with Crippen LogP contribution >= 0.6 is 11.6 Å². The number of rotatable bonds is 5. The maximum absolute atomic E-state index is 12.5. The number of hydrogen-bond donors (Lipinski definition) is 0. The molecule has 0 N–H and O–H groups in total. The van der Waals surface area contributed by atoms with E-state index in [9.17, 15) is 4.79 Å². The van der Waals surface area contributed by atoms with Crippen molar-refractivity contribution in [1.82, 2.24) is 19.8 Å². The Morgan fingerprint density at radius 1 is 1.31 bits per heavy atom. The van der Waals surface area contributed by atoms with Crippen LogP contribution in [0.5, 0.6) is 0 Å². The molecule has 144 valence electrons. The molecule has 2 fully saturated rings. The van der Waals surface area contributed by atoms with Crippen molar-refractivity contribution in [3.05, 3.63) is 23.2 Å². The molecule has 3 rings (SSSR count). The van der Waals surface area contributed by atoms with E-state index in [1.165, 1.54) is 12.5 Å². The normalized spacial score (nSPS) is 25.4. The second-order valence-electron chi connectivity index (χ2n) is 7.10. The lowest BCUT2D eigenvalue weighted by Crippen LogP contribution is -2.47. The first kappa shape index (κ1) is 19.5. The van der Waals surface area contributed by atoms with Gasteiger partial charge in [-0.15, -0.1) is 0 Å². The highest BCUT2D eigenvalue weighted by Crippen LogP contribution is 2.19. The van der Waals surface area contributed by atoms with Crippen molar-refractivity contribution in [2.75, 3.05) is 39.3 Å². The maximum atomic E-state index is 12.5. The van der Waals surface area contributed by atoms with E-state index < -0.39 is 0 Å². The lowest BCUT2D eigenvalue weighted by atomic mass is 10.1. The predicted octanol–water partition coefficient (Wildman–Crippen LogP) is 1.86. The number of aromatic nitrogens is 2. The van der Waals surface area contributed by atoms with E-state index in [1.54, 1.807) is 4.90 Å². The summed E-state index contributed by atoms with van der Waals surface area (Å²) in [5, 5.41) is 0.296. The molecule has 2 saturated heterocycles. The predicted molar refractivity (Wildman–Crippen MR) is 98.4 cm³/mol. The monoisotopic (exact) mass is 382 g/mol. The molecule has 2 aliphatic rings. The number of morpholine rings is 1. The van der Waals surface area contributed by atoms with Gasteiger partial charge in [0.1, 0.15) is 12.0 Å². The van der Waals surface area contributed by atoms with Gasteiger partial charge in [-0.1, -0.05) is 11.6 Å². The molecule has 0 aromatic carbocycles. The summed E-state index contributed by atoms with van der Waals surface area (Å²) in [6, 6.07) is 0. The van der Waals surface area contributed by atoms with Crippen molar-refractivity contribution in [3.8, 4) is 0 Å². The number of carbonyl (C=O) groups excluding carboxylic acids is 1. The van der Waals surface area contributed by atoms with Gasteiger partial charge in [0.2, 0.25) is 0 Å². The van der Waals surface area contributed by atoms with Crippen molar-refractivity contribution in [2.24, 2.45) is 0 Å². The van der Waals surface area contributed by atoms with Crippen molar-refractivity contribution in [1.29, 1.82) is 0 Å². The van der Waals surface area contributed by atoms with Gasteiger partial charge in [-0.25, -0.2) is 9.97 Å². The molecule has 1 aromatic rings. The van der Waals surface area contributed by atoms with Crippen LogP contribution in [0, 0.1) is 0 Å². The fraction of sp³-hybridized carbons (Fsp3) is 0.722. The number of halogens is 1. The van der Waals surface area contributed by atoms with Crippen molar-refractivity contribution in [3.63, 3.8) is 0 Å². The number of hydrogen-bond acceptors (Lipinski definition) is 6. The van der Waals surface area contributed by atoms with Crippen molar-refractivity contribution < 1.29 is 14.3 Å². The zero-order valence-electron chi connectivity index (χ0n) is 15.4. The molecule has 0 unspecified atom stereocenters. The molecule has 1 aromatic heterocycles. The summed E-state index contributed by atoms with van der Waals surface area (Å²) >= 11 is 6.02. The van der Waals surface area contributed by atoms with Gasteiger partial charge in [0.15, 0.2) is 0 Å². The van der Waals surface area contributed by atoms with Gasteiger partial charge in [0, 0.05) is 38.9 Å². The molecule has 26 heavy (non-hydrogen) atoms. The van der Waals surface area contributed by atoms with Crippen molar-refractivity contribution >= 4 is 17.5 Å². The standard InChI is InChI=1S/C18H27ClN4O3/c1-13-10-22(11-14(2)26-13)7-8-25-15-3-5-23(6-4-15)18(24)17-16(19)9-20-12-21-17/h9,12-15H,3-8,10-11H2,1-2H3/t13-,14+. The number of carbonyl (C=O) groups is 1. The second kappa shape index (κ2) is 9.08. The van der Waals surface area contributed by atoms with Gasteiger partial charge in [0.25, 0.3) is 5.91 Å². The van der Waals surface area contributed by atoms with Crippen LogP contribution in [0.15, 0.2) is 12.5 Å². The molecular weight excluding hydrogens is 356 g/mol. The summed E-state index contributed by atoms with van der Waals surface area (Å²) in [4.78, 5) is 24.5. The Morgan fingerprint density at radius 2 is 2.00 bits per heavy atom. The van der Waals surface area contributed by atoms with E-state index in [4.69, 9.17) is 21.1 Å². The summed E-state index contributed by atoms with van der Waals surface area (Å²) in [7, 11) is 0. The van der Waals surface area contributed by atoms with E-state index >= 15 is 0 Å². The summed E-state index contributed by atoms with van der Waals surface area (Å²) < 4.78 is 11.8. The third kappa shape index (κ3) is 5.13. The molecule has 2 atom stereocenters. The van der Waals surface area contributed by atoms with Crippen LogP contribution in [0.1, 0.15) is 37.2 Å². The first-order chi connectivity index (χ1) is 12.5. The second-order valence-corrected chi connectivity index (χ2v) is 7.51. The molecular formula is C18H27ClN4O3. The van der Waals surface area contributed by atoms with Crippen LogP contribution in [-0.2, 0) is 9.47 Å². The summed E-state index contributed by atoms with van der Waals surface area (Å²) in [6.45, 7) is 9.11. The van der Waals surface area contributed by atoms with Crippen molar-refractivity contribution in [2.45, 2.75) is 45.0 Å². The number of piperidine rings is 1. The minimum absolute atomic E-state index is 0.132. The Bertz CT molecular complexity index is 600. The van der Waals surface area contributed by atoms with E-state index in [2.05, 4.69) is 28.7 Å². The van der Waals surface area contributed by atoms with Crippen LogP contribution in [0.25, 0.3) is 0 Å². The molecule has 0 saturated carbocycles. The molecule has 3 heterocycles. The number of nitrogens with zero attached hydrogens (tertiary/aromatic N) is 4. The number of likely N-dealkylation sites (tertiary alicyclic amines) is 1. The SMILES string of the molecule is C[C@@H]1CN(CCOC2CCN(C(=O)c3ncncc3Cl)CC2)C[C@H](C)O1. The number of amides is 1. The first-order valence-electron chi connectivity index (χ1n) is 9.27. The van der Waals surface area contributed by atoms with Crippen LogP contribution in [0.4, 0.5) is 0 Å². The van der Waals surface area contributed by atoms with Gasteiger partial charge < -0.3 is 14.4 Å². The van der Waals surface area contributed by atoms with E-state index in [0.717, 1.165) is 39.1 Å². The first-order valence-corrected chi connectivity index (χ1v) is 9.65. The van der Waals surface area contributed by atoms with E-state index in [0.29, 0.717) is 18.1 Å². The lowest BCUT2D eigenvalue weighted by molar-refractivity contribution is -0.0780. The Morgan fingerprint density at radius 3 is 2.65 bits per heavy atom. The molecule has 1 amide bonds. The highest BCUT2D eigenvalue weighted by atomic mass is 35.5. The van der Waals surface area contributed by atoms with Gasteiger partial charge in [-0.3, -0.25) is 9.69 Å².